The number of urea groups is 1. The summed E-state index contributed by atoms with van der Waals surface area (Å²) in [5.41, 5.74) is 1.56. The zero-order chi connectivity index (χ0) is 18.7. The van der Waals surface area contributed by atoms with Crippen molar-refractivity contribution >= 4 is 6.03 Å². The first-order valence-electron chi connectivity index (χ1n) is 10.1. The summed E-state index contributed by atoms with van der Waals surface area (Å²) in [7, 11) is 1.72. The van der Waals surface area contributed by atoms with Crippen molar-refractivity contribution in [3.8, 4) is 5.75 Å². The molecule has 0 unspecified atom stereocenters. The van der Waals surface area contributed by atoms with Crippen LogP contribution in [0.3, 0.4) is 0 Å². The van der Waals surface area contributed by atoms with Gasteiger partial charge in [0, 0.05) is 44.7 Å². The number of ether oxygens (including phenoxy) is 2. The molecular weight excluding hydrogens is 342 g/mol. The minimum absolute atomic E-state index is 0.208. The second-order valence-electron chi connectivity index (χ2n) is 8.22. The Kier molecular flexibility index (Phi) is 5.55. The molecule has 148 valence electrons. The van der Waals surface area contributed by atoms with Gasteiger partial charge < -0.3 is 19.3 Å². The summed E-state index contributed by atoms with van der Waals surface area (Å²) in [6, 6.07) is 8.57. The number of methoxy groups -OCH3 is 1. The highest BCUT2D eigenvalue weighted by Gasteiger charge is 2.43. The zero-order valence-corrected chi connectivity index (χ0v) is 16.4. The van der Waals surface area contributed by atoms with E-state index in [0.29, 0.717) is 13.2 Å². The molecule has 2 amide bonds. The van der Waals surface area contributed by atoms with Gasteiger partial charge in [0.1, 0.15) is 5.75 Å². The second-order valence-corrected chi connectivity index (χ2v) is 8.22. The van der Waals surface area contributed by atoms with Crippen LogP contribution in [-0.4, -0.2) is 80.3 Å². The first-order valence-corrected chi connectivity index (χ1v) is 10.1. The van der Waals surface area contributed by atoms with Gasteiger partial charge in [0.25, 0.3) is 0 Å². The van der Waals surface area contributed by atoms with E-state index in [-0.39, 0.29) is 11.4 Å². The Hall–Kier alpha value is -1.79. The summed E-state index contributed by atoms with van der Waals surface area (Å²) in [4.78, 5) is 19.4. The fraction of sp³-hybridized carbons (Fsp3) is 0.667. The van der Waals surface area contributed by atoms with Crippen LogP contribution in [0.4, 0.5) is 4.79 Å². The molecule has 3 aliphatic heterocycles. The molecule has 3 saturated heterocycles. The van der Waals surface area contributed by atoms with Crippen molar-refractivity contribution in [1.29, 1.82) is 0 Å². The van der Waals surface area contributed by atoms with E-state index in [0.717, 1.165) is 58.0 Å². The first-order chi connectivity index (χ1) is 13.2. The van der Waals surface area contributed by atoms with E-state index in [4.69, 9.17) is 9.47 Å². The van der Waals surface area contributed by atoms with E-state index in [2.05, 4.69) is 28.0 Å². The van der Waals surface area contributed by atoms with Crippen molar-refractivity contribution in [2.45, 2.75) is 25.8 Å². The Morgan fingerprint density at radius 2 is 1.96 bits per heavy atom. The number of nitrogens with zero attached hydrogens (tertiary/aromatic N) is 3. The number of carbonyl (C=O) groups excluding carboxylic acids is 1. The Bertz CT molecular complexity index is 662. The maximum absolute atomic E-state index is 12.8. The fourth-order valence-electron chi connectivity index (χ4n) is 4.86. The fourth-order valence-corrected chi connectivity index (χ4v) is 4.86. The zero-order valence-electron chi connectivity index (χ0n) is 16.4. The molecule has 1 aromatic carbocycles. The summed E-state index contributed by atoms with van der Waals surface area (Å²) >= 11 is 0. The van der Waals surface area contributed by atoms with Crippen molar-refractivity contribution in [3.05, 3.63) is 29.8 Å². The van der Waals surface area contributed by atoms with Crippen molar-refractivity contribution in [3.63, 3.8) is 0 Å². The predicted octanol–water partition coefficient (Wildman–Crippen LogP) is 2.44. The van der Waals surface area contributed by atoms with Gasteiger partial charge in [0.05, 0.1) is 20.3 Å². The molecule has 0 bridgehead atoms. The van der Waals surface area contributed by atoms with Crippen molar-refractivity contribution in [2.24, 2.45) is 5.41 Å². The summed E-state index contributed by atoms with van der Waals surface area (Å²) < 4.78 is 10.7. The van der Waals surface area contributed by atoms with E-state index >= 15 is 0 Å². The molecule has 6 heteroatoms. The topological polar surface area (TPSA) is 45.2 Å². The van der Waals surface area contributed by atoms with Gasteiger partial charge in [-0.05, 0) is 43.5 Å². The summed E-state index contributed by atoms with van der Waals surface area (Å²) in [5, 5.41) is 0. The van der Waals surface area contributed by atoms with Crippen LogP contribution in [-0.2, 0) is 11.3 Å². The van der Waals surface area contributed by atoms with Gasteiger partial charge in [0.2, 0.25) is 0 Å². The number of morpholine rings is 1. The standard InChI is InChI=1S/C21H31N3O3/c1-26-19-5-2-4-18(14-19)15-22-8-3-6-21(16-22)7-9-24(17-21)20(25)23-10-12-27-13-11-23/h2,4-5,14H,3,6-13,15-17H2,1H3/t21-/m1/s1. The highest BCUT2D eigenvalue weighted by Crippen LogP contribution is 2.39. The third kappa shape index (κ3) is 4.22. The molecule has 0 N–H and O–H groups in total. The quantitative estimate of drug-likeness (QED) is 0.816. The molecule has 27 heavy (non-hydrogen) atoms. The van der Waals surface area contributed by atoms with Gasteiger partial charge in [-0.25, -0.2) is 4.79 Å². The molecule has 3 fully saturated rings. The lowest BCUT2D eigenvalue weighted by Gasteiger charge is -2.41. The Morgan fingerprint density at radius 3 is 2.78 bits per heavy atom. The lowest BCUT2D eigenvalue weighted by atomic mass is 9.79. The Balaban J connectivity index is 1.36. The molecule has 0 aliphatic carbocycles. The van der Waals surface area contributed by atoms with Crippen LogP contribution in [0.2, 0.25) is 0 Å². The third-order valence-corrected chi connectivity index (χ3v) is 6.27. The number of carbonyl (C=O) groups is 1. The van der Waals surface area contributed by atoms with Gasteiger partial charge in [-0.1, -0.05) is 12.1 Å². The molecular formula is C21H31N3O3. The van der Waals surface area contributed by atoms with Crippen molar-refractivity contribution in [1.82, 2.24) is 14.7 Å². The van der Waals surface area contributed by atoms with Gasteiger partial charge >= 0.3 is 6.03 Å². The van der Waals surface area contributed by atoms with Gasteiger partial charge in [-0.15, -0.1) is 0 Å². The molecule has 3 heterocycles. The van der Waals surface area contributed by atoms with Crippen LogP contribution in [0, 0.1) is 5.41 Å². The number of piperidine rings is 1. The molecule has 0 saturated carbocycles. The van der Waals surface area contributed by atoms with Crippen molar-refractivity contribution < 1.29 is 14.3 Å². The summed E-state index contributed by atoms with van der Waals surface area (Å²) in [6.07, 6.45) is 3.57. The highest BCUT2D eigenvalue weighted by molar-refractivity contribution is 5.75. The minimum Gasteiger partial charge on any atom is -0.497 e. The molecule has 0 radical (unpaired) electrons. The van der Waals surface area contributed by atoms with Crippen molar-refractivity contribution in [2.75, 3.05) is 59.6 Å². The molecule has 0 aromatic heterocycles. The summed E-state index contributed by atoms with van der Waals surface area (Å²) in [6.45, 7) is 7.75. The molecule has 1 atom stereocenters. The molecule has 6 nitrogen and oxygen atoms in total. The maximum atomic E-state index is 12.8. The van der Waals surface area contributed by atoms with Crippen LogP contribution in [0.25, 0.3) is 0 Å². The summed E-state index contributed by atoms with van der Waals surface area (Å²) in [5.74, 6) is 0.919. The largest absolute Gasteiger partial charge is 0.497 e. The van der Waals surface area contributed by atoms with Gasteiger partial charge in [0.15, 0.2) is 0 Å². The smallest absolute Gasteiger partial charge is 0.320 e. The van der Waals surface area contributed by atoms with Gasteiger partial charge in [-0.3, -0.25) is 4.90 Å². The molecule has 4 rings (SSSR count). The molecule has 1 spiro atoms. The molecule has 1 aromatic rings. The predicted molar refractivity (Wildman–Crippen MR) is 104 cm³/mol. The van der Waals surface area contributed by atoms with E-state index in [1.807, 2.05) is 11.0 Å². The average Bonchev–Trinajstić information content (AvgIpc) is 3.11. The van der Waals surface area contributed by atoms with Crippen LogP contribution in [0.15, 0.2) is 24.3 Å². The number of benzene rings is 1. The Labute approximate surface area is 162 Å². The van der Waals surface area contributed by atoms with E-state index in [1.165, 1.54) is 18.4 Å². The van der Waals surface area contributed by atoms with Crippen LogP contribution < -0.4 is 4.74 Å². The van der Waals surface area contributed by atoms with Crippen LogP contribution in [0.1, 0.15) is 24.8 Å². The normalized spacial score (nSPS) is 26.6. The first kappa shape index (κ1) is 18.6. The lowest BCUT2D eigenvalue weighted by Crippen LogP contribution is -2.49. The number of hydrogen-bond donors (Lipinski definition) is 0. The SMILES string of the molecule is COc1cccc(CN2CCC[C@@]3(CCN(C(=O)N4CCOCC4)C3)C2)c1. The molecule has 3 aliphatic rings. The van der Waals surface area contributed by atoms with E-state index in [9.17, 15) is 4.79 Å². The number of rotatable bonds is 3. The minimum atomic E-state index is 0.208. The second kappa shape index (κ2) is 8.07. The van der Waals surface area contributed by atoms with Crippen LogP contribution >= 0.6 is 0 Å². The van der Waals surface area contributed by atoms with E-state index < -0.39 is 0 Å². The number of hydrogen-bond acceptors (Lipinski definition) is 4. The van der Waals surface area contributed by atoms with Crippen LogP contribution in [0.5, 0.6) is 5.75 Å². The van der Waals surface area contributed by atoms with Gasteiger partial charge in [-0.2, -0.15) is 0 Å². The number of likely N-dealkylation sites (tertiary alicyclic amines) is 2. The maximum Gasteiger partial charge on any atom is 0.320 e. The lowest BCUT2D eigenvalue weighted by molar-refractivity contribution is 0.0419. The Morgan fingerprint density at radius 1 is 1.11 bits per heavy atom. The number of amides is 2. The third-order valence-electron chi connectivity index (χ3n) is 6.27. The monoisotopic (exact) mass is 373 g/mol. The highest BCUT2D eigenvalue weighted by atomic mass is 16.5. The average molecular weight is 373 g/mol. The van der Waals surface area contributed by atoms with E-state index in [1.54, 1.807) is 7.11 Å².